The molecular formula is C22H26F3N5O3S. The second-order valence-electron chi connectivity index (χ2n) is 8.86. The van der Waals surface area contributed by atoms with Crippen molar-refractivity contribution in [2.45, 2.75) is 51.6 Å². The quantitative estimate of drug-likeness (QED) is 0.471. The van der Waals surface area contributed by atoms with E-state index in [1.807, 2.05) is 17.2 Å². The number of nitrogens with one attached hydrogen (secondary N) is 1. The van der Waals surface area contributed by atoms with Crippen molar-refractivity contribution in [2.24, 2.45) is 17.8 Å². The van der Waals surface area contributed by atoms with Gasteiger partial charge in [-0.1, -0.05) is 32.1 Å². The van der Waals surface area contributed by atoms with Crippen LogP contribution in [0.2, 0.25) is 0 Å². The lowest BCUT2D eigenvalue weighted by molar-refractivity contribution is -0.203. The lowest BCUT2D eigenvalue weighted by atomic mass is 9.74. The molecule has 1 saturated heterocycles. The second-order valence-corrected chi connectivity index (χ2v) is 9.75. The van der Waals surface area contributed by atoms with E-state index < -0.39 is 24.0 Å². The third-order valence-corrected chi connectivity index (χ3v) is 7.04. The van der Waals surface area contributed by atoms with E-state index in [1.165, 1.54) is 11.3 Å². The van der Waals surface area contributed by atoms with Gasteiger partial charge in [-0.2, -0.15) is 18.2 Å². The third-order valence-electron chi connectivity index (χ3n) is 6.35. The van der Waals surface area contributed by atoms with Crippen molar-refractivity contribution in [3.63, 3.8) is 0 Å². The number of piperidine rings is 1. The van der Waals surface area contributed by atoms with E-state index in [0.29, 0.717) is 41.5 Å². The maximum Gasteiger partial charge on any atom is 0.491 e. The summed E-state index contributed by atoms with van der Waals surface area (Å²) in [5.41, 5.74) is 0.690. The average molecular weight is 498 g/mol. The highest BCUT2D eigenvalue weighted by Gasteiger charge is 2.45. The summed E-state index contributed by atoms with van der Waals surface area (Å²) >= 11 is 1.41. The predicted molar refractivity (Wildman–Crippen MR) is 120 cm³/mol. The molecule has 2 unspecified atom stereocenters. The molecule has 1 N–H and O–H groups in total. The zero-order valence-corrected chi connectivity index (χ0v) is 19.5. The van der Waals surface area contributed by atoms with E-state index in [2.05, 4.69) is 25.0 Å². The van der Waals surface area contributed by atoms with Crippen LogP contribution >= 0.6 is 11.3 Å². The number of hydrogen-bond donors (Lipinski definition) is 1. The van der Waals surface area contributed by atoms with Gasteiger partial charge in [0.15, 0.2) is 5.13 Å². The largest absolute Gasteiger partial charge is 0.491 e. The molecular weight excluding hydrogens is 471 g/mol. The Kier molecular flexibility index (Phi) is 7.34. The van der Waals surface area contributed by atoms with Crippen LogP contribution in [0, 0.1) is 24.7 Å². The first-order chi connectivity index (χ1) is 16.2. The molecule has 2 aliphatic rings. The topological polar surface area (TPSA) is 97.3 Å². The van der Waals surface area contributed by atoms with Crippen LogP contribution in [-0.4, -0.2) is 46.2 Å². The summed E-state index contributed by atoms with van der Waals surface area (Å²) in [5.74, 6) is -3.20. The fourth-order valence-electron chi connectivity index (χ4n) is 4.80. The molecule has 8 nitrogen and oxygen atoms in total. The number of carbonyl (C=O) groups is 2. The van der Waals surface area contributed by atoms with Crippen molar-refractivity contribution < 1.29 is 27.5 Å². The monoisotopic (exact) mass is 497 g/mol. The Balaban J connectivity index is 1.57. The highest BCUT2D eigenvalue weighted by molar-refractivity contribution is 7.13. The number of aromatic nitrogens is 3. The molecule has 4 rings (SSSR count). The van der Waals surface area contributed by atoms with E-state index in [4.69, 9.17) is 0 Å². The molecule has 12 heteroatoms. The van der Waals surface area contributed by atoms with Gasteiger partial charge in [-0.3, -0.25) is 4.79 Å². The number of thiazole rings is 1. The van der Waals surface area contributed by atoms with Gasteiger partial charge < -0.3 is 15.0 Å². The van der Waals surface area contributed by atoms with E-state index >= 15 is 0 Å². The molecule has 2 atom stereocenters. The summed E-state index contributed by atoms with van der Waals surface area (Å²) in [4.78, 5) is 39.0. The van der Waals surface area contributed by atoms with Crippen molar-refractivity contribution in [2.75, 3.05) is 23.3 Å². The van der Waals surface area contributed by atoms with Gasteiger partial charge in [-0.05, 0) is 25.2 Å². The van der Waals surface area contributed by atoms with Gasteiger partial charge in [0.2, 0.25) is 5.95 Å². The number of ether oxygens (including phenoxy) is 1. The van der Waals surface area contributed by atoms with Crippen LogP contribution in [0.5, 0.6) is 0 Å². The Labute approximate surface area is 198 Å². The van der Waals surface area contributed by atoms with Gasteiger partial charge in [0.1, 0.15) is 5.82 Å². The Bertz CT molecular complexity index is 1010. The van der Waals surface area contributed by atoms with Crippen molar-refractivity contribution in [3.8, 4) is 0 Å². The fourth-order valence-corrected chi connectivity index (χ4v) is 5.34. The number of alkyl halides is 3. The molecule has 1 saturated carbocycles. The molecule has 184 valence electrons. The van der Waals surface area contributed by atoms with E-state index in [-0.39, 0.29) is 12.5 Å². The fraction of sp³-hybridized carbons (Fsp3) is 0.591. The molecule has 0 aromatic carbocycles. The van der Waals surface area contributed by atoms with Crippen LogP contribution in [0.3, 0.4) is 0 Å². The Morgan fingerprint density at radius 2 is 1.91 bits per heavy atom. The normalized spacial score (nSPS) is 21.8. The molecule has 2 aromatic heterocycles. The minimum absolute atomic E-state index is 0.0621. The number of rotatable bonds is 5. The number of anilines is 3. The van der Waals surface area contributed by atoms with Crippen LogP contribution in [0.25, 0.3) is 0 Å². The number of hydrogen-bond acceptors (Lipinski definition) is 9. The summed E-state index contributed by atoms with van der Waals surface area (Å²) in [5, 5.41) is 5.61. The lowest BCUT2D eigenvalue weighted by Crippen LogP contribution is -2.47. The van der Waals surface area contributed by atoms with Crippen molar-refractivity contribution in [1.29, 1.82) is 0 Å². The summed E-state index contributed by atoms with van der Waals surface area (Å²) < 4.78 is 42.2. The minimum Gasteiger partial charge on any atom is -0.386 e. The van der Waals surface area contributed by atoms with Crippen molar-refractivity contribution in [3.05, 3.63) is 23.3 Å². The van der Waals surface area contributed by atoms with Crippen LogP contribution in [0.1, 0.15) is 44.2 Å². The number of esters is 2. The highest BCUT2D eigenvalue weighted by Crippen LogP contribution is 2.38. The number of aryl methyl sites for hydroxylation is 1. The van der Waals surface area contributed by atoms with Crippen LogP contribution in [0.4, 0.5) is 30.1 Å². The van der Waals surface area contributed by atoms with Crippen LogP contribution in [-0.2, 0) is 14.3 Å². The van der Waals surface area contributed by atoms with Crippen LogP contribution < -0.4 is 10.2 Å². The molecule has 2 fully saturated rings. The molecule has 0 bridgehead atoms. The molecule has 3 heterocycles. The zero-order chi connectivity index (χ0) is 24.3. The smallest absolute Gasteiger partial charge is 0.386 e. The predicted octanol–water partition coefficient (Wildman–Crippen LogP) is 4.64. The van der Waals surface area contributed by atoms with Gasteiger partial charge in [0, 0.05) is 36.4 Å². The van der Waals surface area contributed by atoms with Crippen molar-refractivity contribution >= 4 is 40.2 Å². The Morgan fingerprint density at radius 3 is 2.59 bits per heavy atom. The SMILES string of the molecule is Cc1cc(Nc2nccs2)nc(N2CC(C(=O)OC(=O)C(F)(F)F)CC(C3CCCCC3)C2)n1. The minimum atomic E-state index is -5.22. The van der Waals surface area contributed by atoms with Gasteiger partial charge >= 0.3 is 18.1 Å². The number of carbonyl (C=O) groups excluding carboxylic acids is 2. The first kappa shape index (κ1) is 24.4. The summed E-state index contributed by atoms with van der Waals surface area (Å²) in [6.45, 7) is 2.48. The van der Waals surface area contributed by atoms with Gasteiger partial charge in [-0.15, -0.1) is 11.3 Å². The molecule has 0 radical (unpaired) electrons. The second kappa shape index (κ2) is 10.2. The maximum atomic E-state index is 12.7. The summed E-state index contributed by atoms with van der Waals surface area (Å²) in [6, 6.07) is 1.77. The Hall–Kier alpha value is -2.76. The van der Waals surface area contributed by atoms with E-state index in [0.717, 1.165) is 32.1 Å². The number of halogens is 3. The zero-order valence-electron chi connectivity index (χ0n) is 18.7. The molecule has 2 aromatic rings. The third kappa shape index (κ3) is 6.02. The van der Waals surface area contributed by atoms with Crippen LogP contribution in [0.15, 0.2) is 17.6 Å². The summed E-state index contributed by atoms with van der Waals surface area (Å²) in [6.07, 6.45) is 2.17. The van der Waals surface area contributed by atoms with Gasteiger partial charge in [0.05, 0.1) is 5.92 Å². The molecule has 0 spiro atoms. The molecule has 34 heavy (non-hydrogen) atoms. The Morgan fingerprint density at radius 1 is 1.15 bits per heavy atom. The van der Waals surface area contributed by atoms with E-state index in [1.54, 1.807) is 12.3 Å². The summed E-state index contributed by atoms with van der Waals surface area (Å²) in [7, 11) is 0. The van der Waals surface area contributed by atoms with Crippen molar-refractivity contribution in [1.82, 2.24) is 15.0 Å². The first-order valence-corrected chi connectivity index (χ1v) is 12.2. The van der Waals surface area contributed by atoms with Gasteiger partial charge in [-0.25, -0.2) is 14.8 Å². The maximum absolute atomic E-state index is 12.7. The highest BCUT2D eigenvalue weighted by atomic mass is 32.1. The standard InChI is InChI=1S/C22H26F3N5O3S/c1-13-9-17(29-21-26-7-8-34-21)28-20(27-13)30-11-15(14-5-3-2-4-6-14)10-16(12-30)18(31)33-19(32)22(23,24)25/h7-9,14-16H,2-6,10-12H2,1H3,(H,26,27,28,29). The molecule has 1 aliphatic heterocycles. The first-order valence-electron chi connectivity index (χ1n) is 11.3. The molecule has 0 amide bonds. The average Bonchev–Trinajstić information content (AvgIpc) is 3.31. The lowest BCUT2D eigenvalue weighted by Gasteiger charge is -2.41. The van der Waals surface area contributed by atoms with E-state index in [9.17, 15) is 22.8 Å². The van der Waals surface area contributed by atoms with Gasteiger partial charge in [0.25, 0.3) is 0 Å². The number of nitrogens with zero attached hydrogens (tertiary/aromatic N) is 4. The molecule has 1 aliphatic carbocycles.